The Morgan fingerprint density at radius 2 is 1.89 bits per heavy atom. The van der Waals surface area contributed by atoms with Gasteiger partial charge in [-0.25, -0.2) is 4.79 Å². The fourth-order valence-corrected chi connectivity index (χ4v) is 1.60. The monoisotopic (exact) mass is 266 g/mol. The number of nitrogens with two attached hydrogens (primary N) is 1. The number of carboxylic acid groups (broad SMARTS) is 1. The van der Waals surface area contributed by atoms with Crippen LogP contribution in [-0.4, -0.2) is 40.8 Å². The van der Waals surface area contributed by atoms with Crippen LogP contribution in [0.1, 0.15) is 22.8 Å². The Bertz CT molecular complexity index is 442. The minimum absolute atomic E-state index is 0.340. The highest BCUT2D eigenvalue weighted by Crippen LogP contribution is 2.06. The van der Waals surface area contributed by atoms with E-state index < -0.39 is 24.0 Å². The number of aliphatic carboxylic acids is 1. The summed E-state index contributed by atoms with van der Waals surface area (Å²) in [4.78, 5) is 22.7. The van der Waals surface area contributed by atoms with Gasteiger partial charge in [-0.3, -0.25) is 4.79 Å². The summed E-state index contributed by atoms with van der Waals surface area (Å²) in [6.45, 7) is 1.83. The highest BCUT2D eigenvalue weighted by Gasteiger charge is 2.25. The Hall–Kier alpha value is -1.92. The van der Waals surface area contributed by atoms with Crippen molar-refractivity contribution in [3.63, 3.8) is 0 Å². The Morgan fingerprint density at radius 1 is 1.32 bits per heavy atom. The number of aliphatic hydroxyl groups excluding tert-OH is 1. The maximum Gasteiger partial charge on any atom is 0.328 e. The molecule has 6 nitrogen and oxygen atoms in total. The topological polar surface area (TPSA) is 113 Å². The van der Waals surface area contributed by atoms with Crippen molar-refractivity contribution in [1.29, 1.82) is 0 Å². The predicted molar refractivity (Wildman–Crippen MR) is 69.8 cm³/mol. The zero-order valence-electron chi connectivity index (χ0n) is 10.7. The molecule has 5 N–H and O–H groups in total. The lowest BCUT2D eigenvalue weighted by Crippen LogP contribution is -2.47. The standard InChI is InChI=1S/C13H18N2O4/c1-8(16)11(13(18)19)15-12(17)10-4-2-9(3-5-10)6-7-14/h2-5,8,11,16H,6-7,14H2,1H3,(H,15,17)(H,18,19). The lowest BCUT2D eigenvalue weighted by molar-refractivity contribution is -0.141. The van der Waals surface area contributed by atoms with E-state index in [1.54, 1.807) is 24.3 Å². The molecule has 1 rings (SSSR count). The van der Waals surface area contributed by atoms with E-state index >= 15 is 0 Å². The van der Waals surface area contributed by atoms with Crippen molar-refractivity contribution in [1.82, 2.24) is 5.32 Å². The first-order valence-corrected chi connectivity index (χ1v) is 5.96. The number of aliphatic hydroxyl groups is 1. The average Bonchev–Trinajstić information content (AvgIpc) is 2.36. The minimum atomic E-state index is -1.32. The van der Waals surface area contributed by atoms with Gasteiger partial charge in [0.2, 0.25) is 0 Å². The van der Waals surface area contributed by atoms with Gasteiger partial charge in [-0.05, 0) is 37.6 Å². The van der Waals surface area contributed by atoms with E-state index in [4.69, 9.17) is 10.8 Å². The SMILES string of the molecule is CC(O)C(NC(=O)c1ccc(CCN)cc1)C(=O)O. The fourth-order valence-electron chi connectivity index (χ4n) is 1.60. The number of rotatable bonds is 6. The first kappa shape index (κ1) is 15.1. The van der Waals surface area contributed by atoms with E-state index in [1.165, 1.54) is 6.92 Å². The van der Waals surface area contributed by atoms with Gasteiger partial charge in [0.05, 0.1) is 6.10 Å². The lowest BCUT2D eigenvalue weighted by Gasteiger charge is -2.17. The maximum absolute atomic E-state index is 11.8. The quantitative estimate of drug-likeness (QED) is 0.567. The van der Waals surface area contributed by atoms with Crippen LogP contribution in [0.5, 0.6) is 0 Å². The number of amides is 1. The van der Waals surface area contributed by atoms with Crippen molar-refractivity contribution in [2.75, 3.05) is 6.54 Å². The van der Waals surface area contributed by atoms with Crippen molar-refractivity contribution < 1.29 is 19.8 Å². The largest absolute Gasteiger partial charge is 0.480 e. The molecular formula is C13H18N2O4. The second-order valence-corrected chi connectivity index (χ2v) is 4.27. The molecule has 0 aromatic heterocycles. The van der Waals surface area contributed by atoms with E-state index in [9.17, 15) is 14.7 Å². The minimum Gasteiger partial charge on any atom is -0.480 e. The van der Waals surface area contributed by atoms with Gasteiger partial charge in [-0.15, -0.1) is 0 Å². The van der Waals surface area contributed by atoms with Crippen molar-refractivity contribution in [2.24, 2.45) is 5.73 Å². The van der Waals surface area contributed by atoms with Crippen LogP contribution >= 0.6 is 0 Å². The molecule has 19 heavy (non-hydrogen) atoms. The predicted octanol–water partition coefficient (Wildman–Crippen LogP) is -0.248. The van der Waals surface area contributed by atoms with Gasteiger partial charge in [0, 0.05) is 5.56 Å². The third kappa shape index (κ3) is 4.35. The number of nitrogens with one attached hydrogen (secondary N) is 1. The molecule has 6 heteroatoms. The summed E-state index contributed by atoms with van der Waals surface area (Å²) in [5, 5.41) is 20.4. The Labute approximate surface area is 111 Å². The molecule has 0 bridgehead atoms. The molecule has 1 aromatic rings. The normalized spacial score (nSPS) is 13.6. The summed E-state index contributed by atoms with van der Waals surface area (Å²) in [6.07, 6.45) is -0.453. The highest BCUT2D eigenvalue weighted by molar-refractivity contribution is 5.96. The number of hydrogen-bond acceptors (Lipinski definition) is 4. The molecule has 0 aliphatic rings. The molecule has 2 atom stereocenters. The van der Waals surface area contributed by atoms with E-state index in [0.29, 0.717) is 18.5 Å². The first-order valence-electron chi connectivity index (χ1n) is 5.96. The van der Waals surface area contributed by atoms with E-state index in [0.717, 1.165) is 5.56 Å². The molecule has 0 saturated heterocycles. The second-order valence-electron chi connectivity index (χ2n) is 4.27. The Morgan fingerprint density at radius 3 is 2.32 bits per heavy atom. The average molecular weight is 266 g/mol. The van der Waals surface area contributed by atoms with Crippen LogP contribution in [0.15, 0.2) is 24.3 Å². The maximum atomic E-state index is 11.8. The van der Waals surface area contributed by atoms with Crippen LogP contribution < -0.4 is 11.1 Å². The molecule has 0 aliphatic heterocycles. The van der Waals surface area contributed by atoms with Crippen LogP contribution in [0.4, 0.5) is 0 Å². The third-order valence-electron chi connectivity index (χ3n) is 2.68. The Kier molecular flexibility index (Phi) is 5.47. The fraction of sp³-hybridized carbons (Fsp3) is 0.385. The molecule has 1 amide bonds. The highest BCUT2D eigenvalue weighted by atomic mass is 16.4. The van der Waals surface area contributed by atoms with Crippen molar-refractivity contribution >= 4 is 11.9 Å². The third-order valence-corrected chi connectivity index (χ3v) is 2.68. The number of carbonyl (C=O) groups is 2. The van der Waals surface area contributed by atoms with Gasteiger partial charge in [0.1, 0.15) is 0 Å². The van der Waals surface area contributed by atoms with Crippen LogP contribution in [-0.2, 0) is 11.2 Å². The van der Waals surface area contributed by atoms with Crippen molar-refractivity contribution in [3.8, 4) is 0 Å². The van der Waals surface area contributed by atoms with Gasteiger partial charge in [-0.1, -0.05) is 12.1 Å². The lowest BCUT2D eigenvalue weighted by atomic mass is 10.1. The molecular weight excluding hydrogens is 248 g/mol. The number of benzene rings is 1. The smallest absolute Gasteiger partial charge is 0.328 e. The molecule has 0 radical (unpaired) electrons. The van der Waals surface area contributed by atoms with Crippen molar-refractivity contribution in [2.45, 2.75) is 25.5 Å². The summed E-state index contributed by atoms with van der Waals surface area (Å²) in [5.74, 6) is -1.81. The number of carbonyl (C=O) groups excluding carboxylic acids is 1. The first-order chi connectivity index (χ1) is 8.95. The van der Waals surface area contributed by atoms with Crippen LogP contribution in [0.3, 0.4) is 0 Å². The summed E-state index contributed by atoms with van der Waals surface area (Å²) in [5.41, 5.74) is 6.76. The van der Waals surface area contributed by atoms with Crippen molar-refractivity contribution in [3.05, 3.63) is 35.4 Å². The molecule has 0 fully saturated rings. The molecule has 0 aliphatic carbocycles. The molecule has 0 heterocycles. The van der Waals surface area contributed by atoms with Crippen LogP contribution in [0.2, 0.25) is 0 Å². The molecule has 104 valence electrons. The van der Waals surface area contributed by atoms with E-state index in [2.05, 4.69) is 5.32 Å². The van der Waals surface area contributed by atoms with Gasteiger partial charge in [0.15, 0.2) is 6.04 Å². The van der Waals surface area contributed by atoms with Gasteiger partial charge < -0.3 is 21.3 Å². The molecule has 0 saturated carbocycles. The van der Waals surface area contributed by atoms with Crippen LogP contribution in [0.25, 0.3) is 0 Å². The van der Waals surface area contributed by atoms with Gasteiger partial charge in [0.25, 0.3) is 5.91 Å². The summed E-state index contributed by atoms with van der Waals surface area (Å²) in [7, 11) is 0. The zero-order chi connectivity index (χ0) is 14.4. The van der Waals surface area contributed by atoms with E-state index in [-0.39, 0.29) is 0 Å². The molecule has 1 aromatic carbocycles. The Balaban J connectivity index is 2.74. The number of hydrogen-bond donors (Lipinski definition) is 4. The summed E-state index contributed by atoms with van der Waals surface area (Å²) in [6, 6.07) is 5.40. The zero-order valence-corrected chi connectivity index (χ0v) is 10.7. The second kappa shape index (κ2) is 6.86. The summed E-state index contributed by atoms with van der Waals surface area (Å²) >= 11 is 0. The van der Waals surface area contributed by atoms with Gasteiger partial charge >= 0.3 is 5.97 Å². The molecule has 2 unspecified atom stereocenters. The van der Waals surface area contributed by atoms with Crippen LogP contribution in [0, 0.1) is 0 Å². The van der Waals surface area contributed by atoms with Gasteiger partial charge in [-0.2, -0.15) is 0 Å². The number of carboxylic acids is 1. The summed E-state index contributed by atoms with van der Waals surface area (Å²) < 4.78 is 0. The van der Waals surface area contributed by atoms with E-state index in [1.807, 2.05) is 0 Å². The molecule has 0 spiro atoms.